The molecule has 1 aromatic heterocycles. The van der Waals surface area contributed by atoms with Crippen LogP contribution in [-0.4, -0.2) is 63.4 Å². The first-order chi connectivity index (χ1) is 16.2. The molecule has 5 rings (SSSR count). The number of methoxy groups -OCH3 is 2. The van der Waals surface area contributed by atoms with Gasteiger partial charge in [0.1, 0.15) is 12.4 Å². The number of rotatable bonds is 8. The van der Waals surface area contributed by atoms with Crippen molar-refractivity contribution in [3.63, 3.8) is 0 Å². The molecule has 2 aliphatic heterocycles. The van der Waals surface area contributed by atoms with Crippen LogP contribution in [0.5, 0.6) is 17.2 Å². The van der Waals surface area contributed by atoms with Crippen molar-refractivity contribution in [2.45, 2.75) is 19.3 Å². The topological polar surface area (TPSA) is 50.0 Å². The number of hydrogen-bond donors (Lipinski definition) is 1. The van der Waals surface area contributed by atoms with Gasteiger partial charge >= 0.3 is 0 Å². The number of aromatic amines is 1. The van der Waals surface area contributed by atoms with E-state index in [1.54, 1.807) is 14.2 Å². The van der Waals surface area contributed by atoms with Gasteiger partial charge in [0, 0.05) is 60.6 Å². The van der Waals surface area contributed by atoms with E-state index in [9.17, 15) is 0 Å². The molecule has 174 valence electrons. The molecule has 33 heavy (non-hydrogen) atoms. The molecular formula is C27H33N3O3. The van der Waals surface area contributed by atoms with Crippen molar-refractivity contribution < 1.29 is 14.2 Å². The van der Waals surface area contributed by atoms with E-state index in [1.807, 2.05) is 18.3 Å². The summed E-state index contributed by atoms with van der Waals surface area (Å²) in [4.78, 5) is 8.45. The largest absolute Gasteiger partial charge is 0.493 e. The first kappa shape index (κ1) is 21.7. The molecule has 1 N–H and O–H groups in total. The Bertz CT molecular complexity index is 1130. The SMILES string of the molecule is COc1cc2c(cc1OC)OCC(CCCCN1CCN(c3cccc4[nH]ccc34)CC1)=C2. The minimum absolute atomic E-state index is 0.659. The third-order valence-corrected chi connectivity index (χ3v) is 6.80. The maximum atomic E-state index is 5.98. The number of ether oxygens (including phenoxy) is 3. The van der Waals surface area contributed by atoms with E-state index >= 15 is 0 Å². The highest BCUT2D eigenvalue weighted by Crippen LogP contribution is 2.38. The molecule has 0 aliphatic carbocycles. The van der Waals surface area contributed by atoms with Crippen molar-refractivity contribution in [2.24, 2.45) is 0 Å². The van der Waals surface area contributed by atoms with E-state index in [-0.39, 0.29) is 0 Å². The zero-order valence-corrected chi connectivity index (χ0v) is 19.6. The Balaban J connectivity index is 1.09. The van der Waals surface area contributed by atoms with Gasteiger partial charge in [-0.15, -0.1) is 0 Å². The van der Waals surface area contributed by atoms with Crippen molar-refractivity contribution in [3.8, 4) is 17.2 Å². The van der Waals surface area contributed by atoms with Crippen LogP contribution in [0.1, 0.15) is 24.8 Å². The summed E-state index contributed by atoms with van der Waals surface area (Å²) in [5.41, 5.74) is 4.99. The fourth-order valence-corrected chi connectivity index (χ4v) is 4.93. The molecule has 0 unspecified atom stereocenters. The Morgan fingerprint density at radius 2 is 1.79 bits per heavy atom. The number of benzene rings is 2. The van der Waals surface area contributed by atoms with Gasteiger partial charge in [0.25, 0.3) is 0 Å². The van der Waals surface area contributed by atoms with Gasteiger partial charge in [-0.25, -0.2) is 0 Å². The van der Waals surface area contributed by atoms with Crippen LogP contribution < -0.4 is 19.1 Å². The van der Waals surface area contributed by atoms with Crippen molar-refractivity contribution in [3.05, 3.63) is 53.7 Å². The number of anilines is 1. The Labute approximate surface area is 195 Å². The molecule has 0 bridgehead atoms. The normalized spacial score (nSPS) is 16.3. The molecule has 0 atom stereocenters. The van der Waals surface area contributed by atoms with Crippen LogP contribution in [0.4, 0.5) is 5.69 Å². The Hall–Kier alpha value is -3.12. The molecular weight excluding hydrogens is 414 g/mol. The summed E-state index contributed by atoms with van der Waals surface area (Å²) >= 11 is 0. The molecule has 2 aromatic carbocycles. The van der Waals surface area contributed by atoms with Gasteiger partial charge in [-0.2, -0.15) is 0 Å². The summed E-state index contributed by atoms with van der Waals surface area (Å²) in [5, 5.41) is 1.33. The smallest absolute Gasteiger partial charge is 0.164 e. The number of hydrogen-bond acceptors (Lipinski definition) is 5. The summed E-state index contributed by atoms with van der Waals surface area (Å²) in [6, 6.07) is 12.6. The quantitative estimate of drug-likeness (QED) is 0.495. The standard InChI is InChI=1S/C27H33N3O3/c1-31-26-17-21-16-20(19-33-25(21)18-27(26)32-2)6-3-4-11-29-12-14-30(15-13-29)24-8-5-7-23-22(24)9-10-28-23/h5,7-10,16-18,28H,3-4,6,11-15,19H2,1-2H3. The van der Waals surface area contributed by atoms with Crippen LogP contribution in [0.25, 0.3) is 17.0 Å². The van der Waals surface area contributed by atoms with Crippen LogP contribution in [0.15, 0.2) is 48.2 Å². The van der Waals surface area contributed by atoms with Gasteiger partial charge in [0.05, 0.1) is 14.2 Å². The molecule has 6 nitrogen and oxygen atoms in total. The predicted octanol–water partition coefficient (Wildman–Crippen LogP) is 4.95. The monoisotopic (exact) mass is 447 g/mol. The van der Waals surface area contributed by atoms with Crippen LogP contribution >= 0.6 is 0 Å². The molecule has 1 fully saturated rings. The van der Waals surface area contributed by atoms with E-state index in [0.717, 1.165) is 56.2 Å². The average molecular weight is 448 g/mol. The maximum Gasteiger partial charge on any atom is 0.164 e. The first-order valence-electron chi connectivity index (χ1n) is 11.9. The third-order valence-electron chi connectivity index (χ3n) is 6.80. The van der Waals surface area contributed by atoms with Crippen molar-refractivity contribution >= 4 is 22.7 Å². The fraction of sp³-hybridized carbons (Fsp3) is 0.407. The first-order valence-corrected chi connectivity index (χ1v) is 11.9. The number of piperazine rings is 1. The summed E-state index contributed by atoms with van der Waals surface area (Å²) in [6.45, 7) is 6.25. The highest BCUT2D eigenvalue weighted by molar-refractivity contribution is 5.92. The van der Waals surface area contributed by atoms with E-state index in [0.29, 0.717) is 12.4 Å². The lowest BCUT2D eigenvalue weighted by molar-refractivity contribution is 0.252. The number of H-pyrrole nitrogens is 1. The van der Waals surface area contributed by atoms with Crippen LogP contribution in [0, 0.1) is 0 Å². The molecule has 0 radical (unpaired) electrons. The summed E-state index contributed by atoms with van der Waals surface area (Å²) in [5.74, 6) is 2.31. The molecule has 0 saturated carbocycles. The van der Waals surface area contributed by atoms with Gasteiger partial charge in [-0.3, -0.25) is 4.90 Å². The molecule has 2 aliphatic rings. The van der Waals surface area contributed by atoms with Gasteiger partial charge in [-0.05, 0) is 61.7 Å². The van der Waals surface area contributed by atoms with E-state index in [2.05, 4.69) is 45.1 Å². The zero-order valence-electron chi connectivity index (χ0n) is 19.6. The highest BCUT2D eigenvalue weighted by atomic mass is 16.5. The Morgan fingerprint density at radius 1 is 0.970 bits per heavy atom. The van der Waals surface area contributed by atoms with E-state index < -0.39 is 0 Å². The van der Waals surface area contributed by atoms with Gasteiger partial charge < -0.3 is 24.1 Å². The lowest BCUT2D eigenvalue weighted by atomic mass is 10.0. The van der Waals surface area contributed by atoms with Crippen molar-refractivity contribution in [1.29, 1.82) is 0 Å². The van der Waals surface area contributed by atoms with E-state index in [4.69, 9.17) is 14.2 Å². The number of fused-ring (bicyclic) bond motifs is 2. The molecule has 6 heteroatoms. The van der Waals surface area contributed by atoms with E-state index in [1.165, 1.54) is 35.0 Å². The van der Waals surface area contributed by atoms with Crippen LogP contribution in [-0.2, 0) is 0 Å². The van der Waals surface area contributed by atoms with Crippen molar-refractivity contribution in [2.75, 3.05) is 58.5 Å². The Kier molecular flexibility index (Phi) is 6.44. The number of nitrogens with one attached hydrogen (secondary N) is 1. The minimum Gasteiger partial charge on any atom is -0.493 e. The van der Waals surface area contributed by atoms with Gasteiger partial charge in [0.15, 0.2) is 11.5 Å². The van der Waals surface area contributed by atoms with Gasteiger partial charge in [-0.1, -0.05) is 6.07 Å². The fourth-order valence-electron chi connectivity index (χ4n) is 4.93. The summed E-state index contributed by atoms with van der Waals surface area (Å²) in [7, 11) is 3.32. The maximum absolute atomic E-state index is 5.98. The van der Waals surface area contributed by atoms with Crippen molar-refractivity contribution in [1.82, 2.24) is 9.88 Å². The Morgan fingerprint density at radius 3 is 2.61 bits per heavy atom. The number of unbranched alkanes of at least 4 members (excludes halogenated alkanes) is 1. The molecule has 1 saturated heterocycles. The lowest BCUT2D eigenvalue weighted by Gasteiger charge is -2.36. The zero-order chi connectivity index (χ0) is 22.6. The average Bonchev–Trinajstić information content (AvgIpc) is 3.35. The molecule has 3 heterocycles. The molecule has 0 spiro atoms. The number of aromatic nitrogens is 1. The molecule has 3 aromatic rings. The third kappa shape index (κ3) is 4.67. The van der Waals surface area contributed by atoms with Gasteiger partial charge in [0.2, 0.25) is 0 Å². The second-order valence-electron chi connectivity index (χ2n) is 8.84. The second kappa shape index (κ2) is 9.79. The summed E-state index contributed by atoms with van der Waals surface area (Å²) < 4.78 is 16.8. The highest BCUT2D eigenvalue weighted by Gasteiger charge is 2.19. The number of nitrogens with zero attached hydrogens (tertiary/aromatic N) is 2. The minimum atomic E-state index is 0.659. The second-order valence-corrected chi connectivity index (χ2v) is 8.84. The summed E-state index contributed by atoms with van der Waals surface area (Å²) in [6.07, 6.45) is 7.75. The predicted molar refractivity (Wildman–Crippen MR) is 134 cm³/mol. The van der Waals surface area contributed by atoms with Crippen LogP contribution in [0.3, 0.4) is 0 Å². The van der Waals surface area contributed by atoms with Crippen LogP contribution in [0.2, 0.25) is 0 Å². The lowest BCUT2D eigenvalue weighted by Crippen LogP contribution is -2.46. The molecule has 0 amide bonds.